The lowest BCUT2D eigenvalue weighted by atomic mass is 9.77. The first-order valence-corrected chi connectivity index (χ1v) is 10.1. The van der Waals surface area contributed by atoms with Crippen LogP contribution in [0.4, 0.5) is 5.69 Å². The lowest BCUT2D eigenvalue weighted by Crippen LogP contribution is -2.47. The number of hydrogen-bond acceptors (Lipinski definition) is 5. The molecule has 1 aromatic carbocycles. The molecule has 1 aliphatic carbocycles. The highest BCUT2D eigenvalue weighted by atomic mass is 32.2. The molecule has 1 saturated heterocycles. The predicted octanol–water partition coefficient (Wildman–Crippen LogP) is 0.567. The van der Waals surface area contributed by atoms with Crippen molar-refractivity contribution < 1.29 is 13.2 Å². The summed E-state index contributed by atoms with van der Waals surface area (Å²) in [5, 5.41) is 2.97. The van der Waals surface area contributed by atoms with E-state index in [4.69, 9.17) is 0 Å². The van der Waals surface area contributed by atoms with Crippen LogP contribution in [0, 0.1) is 11.8 Å². The second kappa shape index (κ2) is 7.08. The number of hydrazine groups is 1. The summed E-state index contributed by atoms with van der Waals surface area (Å²) in [6.07, 6.45) is 4.21. The van der Waals surface area contributed by atoms with Gasteiger partial charge in [0.1, 0.15) is 0 Å². The fourth-order valence-corrected chi connectivity index (χ4v) is 4.22. The topological polar surface area (TPSA) is 99.3 Å². The summed E-state index contributed by atoms with van der Waals surface area (Å²) >= 11 is 0. The van der Waals surface area contributed by atoms with Crippen LogP contribution >= 0.6 is 0 Å². The molecule has 0 bridgehead atoms. The van der Waals surface area contributed by atoms with Crippen LogP contribution in [0.1, 0.15) is 24.8 Å². The molecule has 2 aliphatic rings. The van der Waals surface area contributed by atoms with Crippen molar-refractivity contribution in [3.63, 3.8) is 0 Å². The van der Waals surface area contributed by atoms with Crippen LogP contribution < -0.4 is 20.9 Å². The van der Waals surface area contributed by atoms with E-state index in [1.165, 1.54) is 0 Å². The van der Waals surface area contributed by atoms with Gasteiger partial charge in [0, 0.05) is 19.1 Å². The smallest absolute Gasteiger partial charge is 0.229 e. The number of sulfonamides is 1. The Bertz CT molecular complexity index is 707. The maximum absolute atomic E-state index is 12.6. The van der Waals surface area contributed by atoms with Gasteiger partial charge in [0.2, 0.25) is 15.9 Å². The third-order valence-electron chi connectivity index (χ3n) is 4.77. The first-order valence-electron chi connectivity index (χ1n) is 8.26. The SMILES string of the molecule is CS(=O)(=O)Nc1ccccc1CNC(=O)C1CCCC2CNNC21. The number of carbonyl (C=O) groups is 1. The van der Waals surface area contributed by atoms with Gasteiger partial charge in [-0.1, -0.05) is 24.6 Å². The van der Waals surface area contributed by atoms with Gasteiger partial charge in [-0.2, -0.15) is 0 Å². The standard InChI is InChI=1S/C16H24N4O3S/c1-24(22,23)20-14-8-3-2-5-11(14)9-17-16(21)13-7-4-6-12-10-18-19-15(12)13/h2-3,5,8,12-13,15,18-20H,4,6-7,9-10H2,1H3,(H,17,21). The number of hydrogen-bond donors (Lipinski definition) is 4. The van der Waals surface area contributed by atoms with Crippen molar-refractivity contribution in [2.24, 2.45) is 11.8 Å². The summed E-state index contributed by atoms with van der Waals surface area (Å²) in [5.74, 6) is 0.484. The Balaban J connectivity index is 1.64. The van der Waals surface area contributed by atoms with E-state index in [1.54, 1.807) is 12.1 Å². The zero-order valence-electron chi connectivity index (χ0n) is 13.7. The van der Waals surface area contributed by atoms with Gasteiger partial charge in [0.15, 0.2) is 0 Å². The average molecular weight is 352 g/mol. The Morgan fingerprint density at radius 3 is 2.88 bits per heavy atom. The zero-order valence-corrected chi connectivity index (χ0v) is 14.5. The quantitative estimate of drug-likeness (QED) is 0.621. The summed E-state index contributed by atoms with van der Waals surface area (Å²) in [5.41, 5.74) is 7.63. The highest BCUT2D eigenvalue weighted by Crippen LogP contribution is 2.31. The largest absolute Gasteiger partial charge is 0.352 e. The molecule has 1 saturated carbocycles. The number of fused-ring (bicyclic) bond motifs is 1. The van der Waals surface area contributed by atoms with Crippen molar-refractivity contribution in [2.45, 2.75) is 31.8 Å². The molecule has 7 nitrogen and oxygen atoms in total. The lowest BCUT2D eigenvalue weighted by Gasteiger charge is -2.31. The van der Waals surface area contributed by atoms with Crippen LogP contribution in [-0.2, 0) is 21.4 Å². The highest BCUT2D eigenvalue weighted by molar-refractivity contribution is 7.92. The van der Waals surface area contributed by atoms with Gasteiger partial charge >= 0.3 is 0 Å². The van der Waals surface area contributed by atoms with Crippen LogP contribution in [0.2, 0.25) is 0 Å². The highest BCUT2D eigenvalue weighted by Gasteiger charge is 2.39. The van der Waals surface area contributed by atoms with Crippen LogP contribution in [0.15, 0.2) is 24.3 Å². The molecule has 132 valence electrons. The van der Waals surface area contributed by atoms with Crippen molar-refractivity contribution in [1.29, 1.82) is 0 Å². The fraction of sp³-hybridized carbons (Fsp3) is 0.562. The van der Waals surface area contributed by atoms with E-state index in [1.807, 2.05) is 12.1 Å². The molecule has 4 N–H and O–H groups in total. The van der Waals surface area contributed by atoms with E-state index in [0.29, 0.717) is 18.2 Å². The second-order valence-electron chi connectivity index (χ2n) is 6.60. The normalized spacial score (nSPS) is 26.6. The maximum atomic E-state index is 12.6. The predicted molar refractivity (Wildman–Crippen MR) is 92.5 cm³/mol. The van der Waals surface area contributed by atoms with Crippen molar-refractivity contribution in [2.75, 3.05) is 17.5 Å². The van der Waals surface area contributed by atoms with E-state index in [-0.39, 0.29) is 17.9 Å². The molecule has 1 aliphatic heterocycles. The second-order valence-corrected chi connectivity index (χ2v) is 8.35. The van der Waals surface area contributed by atoms with Crippen molar-refractivity contribution in [1.82, 2.24) is 16.2 Å². The minimum Gasteiger partial charge on any atom is -0.352 e. The summed E-state index contributed by atoms with van der Waals surface area (Å²) in [6.45, 7) is 1.22. The molecule has 24 heavy (non-hydrogen) atoms. The number of carbonyl (C=O) groups excluding carboxylic acids is 1. The van der Waals surface area contributed by atoms with Gasteiger partial charge in [-0.25, -0.2) is 8.42 Å². The van der Waals surface area contributed by atoms with Crippen LogP contribution in [0.25, 0.3) is 0 Å². The Labute approximate surface area is 142 Å². The van der Waals surface area contributed by atoms with Gasteiger partial charge in [-0.3, -0.25) is 20.4 Å². The van der Waals surface area contributed by atoms with Crippen molar-refractivity contribution in [3.8, 4) is 0 Å². The van der Waals surface area contributed by atoms with Crippen LogP contribution in [0.5, 0.6) is 0 Å². The molecule has 2 fully saturated rings. The molecule has 1 amide bonds. The Morgan fingerprint density at radius 1 is 1.29 bits per heavy atom. The van der Waals surface area contributed by atoms with Gasteiger partial charge in [-0.15, -0.1) is 0 Å². The first kappa shape index (κ1) is 17.2. The van der Waals surface area contributed by atoms with Crippen molar-refractivity contribution >= 4 is 21.6 Å². The number of nitrogens with one attached hydrogen (secondary N) is 4. The monoisotopic (exact) mass is 352 g/mol. The first-order chi connectivity index (χ1) is 11.4. The molecule has 1 heterocycles. The van der Waals surface area contributed by atoms with E-state index in [2.05, 4.69) is 20.9 Å². The number of rotatable bonds is 5. The van der Waals surface area contributed by atoms with Gasteiger partial charge in [-0.05, 0) is 30.4 Å². The van der Waals surface area contributed by atoms with Crippen molar-refractivity contribution in [3.05, 3.63) is 29.8 Å². The van der Waals surface area contributed by atoms with E-state index >= 15 is 0 Å². The molecular weight excluding hydrogens is 328 g/mol. The maximum Gasteiger partial charge on any atom is 0.229 e. The summed E-state index contributed by atoms with van der Waals surface area (Å²) < 4.78 is 25.4. The fourth-order valence-electron chi connectivity index (χ4n) is 3.62. The Kier molecular flexibility index (Phi) is 5.07. The molecule has 0 aromatic heterocycles. The molecule has 3 unspecified atom stereocenters. The number of benzene rings is 1. The molecule has 1 aromatic rings. The third kappa shape index (κ3) is 4.06. The molecule has 0 radical (unpaired) electrons. The molecule has 0 spiro atoms. The van der Waals surface area contributed by atoms with Gasteiger partial charge < -0.3 is 5.32 Å². The summed E-state index contributed by atoms with van der Waals surface area (Å²) in [4.78, 5) is 12.6. The summed E-state index contributed by atoms with van der Waals surface area (Å²) in [7, 11) is -3.35. The van der Waals surface area contributed by atoms with E-state index in [9.17, 15) is 13.2 Å². The lowest BCUT2D eigenvalue weighted by molar-refractivity contribution is -0.127. The molecule has 3 rings (SSSR count). The van der Waals surface area contributed by atoms with E-state index in [0.717, 1.165) is 37.6 Å². The van der Waals surface area contributed by atoms with E-state index < -0.39 is 10.0 Å². The minimum atomic E-state index is -3.35. The molecule has 3 atom stereocenters. The average Bonchev–Trinajstić information content (AvgIpc) is 3.00. The molecule has 8 heteroatoms. The Hall–Kier alpha value is -1.64. The number of amides is 1. The Morgan fingerprint density at radius 2 is 2.08 bits per heavy atom. The summed E-state index contributed by atoms with van der Waals surface area (Å²) in [6, 6.07) is 7.28. The van der Waals surface area contributed by atoms with Gasteiger partial charge in [0.25, 0.3) is 0 Å². The third-order valence-corrected chi connectivity index (χ3v) is 5.36. The minimum absolute atomic E-state index is 0.0232. The number of anilines is 1. The van der Waals surface area contributed by atoms with Gasteiger partial charge in [0.05, 0.1) is 17.9 Å². The molecular formula is C16H24N4O3S. The number of para-hydroxylation sites is 1. The van der Waals surface area contributed by atoms with Crippen LogP contribution in [0.3, 0.4) is 0 Å². The van der Waals surface area contributed by atoms with Crippen LogP contribution in [-0.4, -0.2) is 33.2 Å². The zero-order chi connectivity index (χ0) is 17.2.